The number of nitrogens with zero attached hydrogens (tertiary/aromatic N) is 4. The number of nitrogens with two attached hydrogens (primary N) is 1. The summed E-state index contributed by atoms with van der Waals surface area (Å²) in [7, 11) is 3.35. The quantitative estimate of drug-likeness (QED) is 0.390. The van der Waals surface area contributed by atoms with E-state index in [9.17, 15) is 4.79 Å². The normalized spacial score (nSPS) is 14.6. The Hall–Kier alpha value is -4.11. The van der Waals surface area contributed by atoms with Crippen molar-refractivity contribution in [2.75, 3.05) is 39.2 Å². The fraction of sp³-hybridized carbons (Fsp3) is 0.296. The van der Waals surface area contributed by atoms with Crippen LogP contribution in [-0.4, -0.2) is 59.3 Å². The van der Waals surface area contributed by atoms with Crippen molar-refractivity contribution in [1.82, 2.24) is 19.5 Å². The number of anilines is 2. The van der Waals surface area contributed by atoms with Crippen molar-refractivity contribution in [2.45, 2.75) is 18.8 Å². The van der Waals surface area contributed by atoms with E-state index in [-0.39, 0.29) is 5.91 Å². The maximum Gasteiger partial charge on any atom is 0.245 e. The second-order valence-electron chi connectivity index (χ2n) is 8.94. The van der Waals surface area contributed by atoms with Gasteiger partial charge in [-0.2, -0.15) is 0 Å². The monoisotopic (exact) mass is 486 g/mol. The second kappa shape index (κ2) is 10.2. The van der Waals surface area contributed by atoms with Crippen molar-refractivity contribution in [2.24, 2.45) is 5.73 Å². The second-order valence-corrected chi connectivity index (χ2v) is 8.94. The molecule has 36 heavy (non-hydrogen) atoms. The number of hydrogen-bond acceptors (Lipinski definition) is 7. The van der Waals surface area contributed by atoms with Gasteiger partial charge < -0.3 is 20.5 Å². The summed E-state index contributed by atoms with van der Waals surface area (Å²) in [6.45, 7) is 2.00. The van der Waals surface area contributed by atoms with E-state index in [1.807, 2.05) is 53.0 Å². The molecule has 0 bridgehead atoms. The largest absolute Gasteiger partial charge is 0.496 e. The van der Waals surface area contributed by atoms with E-state index in [1.54, 1.807) is 20.4 Å². The molecular weight excluding hydrogens is 456 g/mol. The van der Waals surface area contributed by atoms with Crippen molar-refractivity contribution >= 4 is 23.1 Å². The Balaban J connectivity index is 1.36. The third-order valence-corrected chi connectivity index (χ3v) is 6.68. The Kier molecular flexibility index (Phi) is 6.73. The number of ether oxygens (including phenoxy) is 2. The molecule has 0 spiro atoms. The summed E-state index contributed by atoms with van der Waals surface area (Å²) in [5.41, 5.74) is 10.1. The molecule has 0 atom stereocenters. The highest BCUT2D eigenvalue weighted by molar-refractivity contribution is 5.76. The predicted molar refractivity (Wildman–Crippen MR) is 139 cm³/mol. The zero-order chi connectivity index (χ0) is 25.1. The molecule has 1 amide bonds. The van der Waals surface area contributed by atoms with Crippen molar-refractivity contribution in [3.8, 4) is 22.8 Å². The van der Waals surface area contributed by atoms with E-state index in [0.717, 1.165) is 59.9 Å². The van der Waals surface area contributed by atoms with Crippen LogP contribution in [0.15, 0.2) is 60.8 Å². The van der Waals surface area contributed by atoms with Crippen LogP contribution in [0.1, 0.15) is 24.3 Å². The maximum absolute atomic E-state index is 11.2. The number of carbonyl (C=O) groups is 1. The Morgan fingerprint density at radius 1 is 1.06 bits per heavy atom. The number of aromatic nitrogens is 3. The molecule has 3 heterocycles. The minimum absolute atomic E-state index is 0.281. The first kappa shape index (κ1) is 23.6. The first-order valence-electron chi connectivity index (χ1n) is 12.0. The number of benzene rings is 2. The SMILES string of the molecule is COc1ccccc1-c1ccc2cnc(Nc3ccc(C4CCN(CC(N)=O)CC4)c(OC)c3)nn12. The van der Waals surface area contributed by atoms with E-state index in [1.165, 1.54) is 5.56 Å². The third-order valence-electron chi connectivity index (χ3n) is 6.68. The van der Waals surface area contributed by atoms with Gasteiger partial charge in [-0.15, -0.1) is 5.10 Å². The lowest BCUT2D eigenvalue weighted by Crippen LogP contribution is -2.39. The van der Waals surface area contributed by atoms with Crippen LogP contribution < -0.4 is 20.5 Å². The third kappa shape index (κ3) is 4.83. The first-order valence-corrected chi connectivity index (χ1v) is 12.0. The van der Waals surface area contributed by atoms with Gasteiger partial charge in [0.25, 0.3) is 0 Å². The van der Waals surface area contributed by atoms with Crippen molar-refractivity contribution in [1.29, 1.82) is 0 Å². The molecule has 2 aromatic carbocycles. The minimum atomic E-state index is -0.281. The fourth-order valence-electron chi connectivity index (χ4n) is 4.90. The van der Waals surface area contributed by atoms with Gasteiger partial charge in [-0.25, -0.2) is 9.50 Å². The molecule has 1 fully saturated rings. The molecule has 9 nitrogen and oxygen atoms in total. The van der Waals surface area contributed by atoms with Crippen molar-refractivity contribution in [3.63, 3.8) is 0 Å². The molecule has 0 unspecified atom stereocenters. The van der Waals surface area contributed by atoms with Crippen LogP contribution >= 0.6 is 0 Å². The van der Waals surface area contributed by atoms with Gasteiger partial charge in [-0.1, -0.05) is 18.2 Å². The zero-order valence-corrected chi connectivity index (χ0v) is 20.5. The average Bonchev–Trinajstić information content (AvgIpc) is 3.32. The summed E-state index contributed by atoms with van der Waals surface area (Å²) >= 11 is 0. The smallest absolute Gasteiger partial charge is 0.245 e. The van der Waals surface area contributed by atoms with Gasteiger partial charge in [-0.3, -0.25) is 9.69 Å². The van der Waals surface area contributed by atoms with Gasteiger partial charge >= 0.3 is 0 Å². The number of para-hydroxylation sites is 1. The van der Waals surface area contributed by atoms with Gasteiger partial charge in [0, 0.05) is 17.3 Å². The zero-order valence-electron chi connectivity index (χ0n) is 20.5. The van der Waals surface area contributed by atoms with Crippen molar-refractivity contribution in [3.05, 3.63) is 66.4 Å². The van der Waals surface area contributed by atoms with Crippen LogP contribution in [0.25, 0.3) is 16.8 Å². The summed E-state index contributed by atoms with van der Waals surface area (Å²) in [6.07, 6.45) is 3.70. The van der Waals surface area contributed by atoms with E-state index in [0.29, 0.717) is 18.4 Å². The topological polar surface area (TPSA) is 107 Å². The number of nitrogens with one attached hydrogen (secondary N) is 1. The number of likely N-dealkylation sites (tertiary alicyclic amines) is 1. The molecule has 3 N–H and O–H groups in total. The van der Waals surface area contributed by atoms with Crippen molar-refractivity contribution < 1.29 is 14.3 Å². The Labute approximate surface area is 209 Å². The number of rotatable bonds is 8. The van der Waals surface area contributed by atoms with Crippen LogP contribution in [0.2, 0.25) is 0 Å². The lowest BCUT2D eigenvalue weighted by Gasteiger charge is -2.32. The van der Waals surface area contributed by atoms with Gasteiger partial charge in [0.1, 0.15) is 11.5 Å². The number of methoxy groups -OCH3 is 2. The van der Waals surface area contributed by atoms with Crippen LogP contribution in [-0.2, 0) is 4.79 Å². The number of amides is 1. The molecule has 0 saturated carbocycles. The molecular formula is C27H30N6O3. The maximum atomic E-state index is 11.2. The average molecular weight is 487 g/mol. The molecule has 1 aliphatic rings. The van der Waals surface area contributed by atoms with Crippen LogP contribution in [0, 0.1) is 0 Å². The molecule has 0 aliphatic carbocycles. The summed E-state index contributed by atoms with van der Waals surface area (Å²) < 4.78 is 13.1. The van der Waals surface area contributed by atoms with E-state index >= 15 is 0 Å². The number of carbonyl (C=O) groups excluding carboxylic acids is 1. The van der Waals surface area contributed by atoms with E-state index in [2.05, 4.69) is 21.3 Å². The number of piperidine rings is 1. The number of primary amides is 1. The first-order chi connectivity index (χ1) is 17.6. The molecule has 186 valence electrons. The standard InChI is InChI=1S/C27H30N6O3/c1-35-24-6-4-3-5-22(24)23-10-8-20-16-29-27(31-33(20)23)30-19-7-9-21(25(15-19)36-2)18-11-13-32(14-12-18)17-26(28)34/h3-10,15-16,18H,11-14,17H2,1-2H3,(H2,28,34)(H,30,31). The van der Waals surface area contributed by atoms with Gasteiger partial charge in [0.05, 0.1) is 38.2 Å². The highest BCUT2D eigenvalue weighted by Crippen LogP contribution is 2.36. The summed E-state index contributed by atoms with van der Waals surface area (Å²) in [4.78, 5) is 17.8. The molecule has 1 saturated heterocycles. The Morgan fingerprint density at radius 3 is 2.58 bits per heavy atom. The Bertz CT molecular complexity index is 1380. The predicted octanol–water partition coefficient (Wildman–Crippen LogP) is 3.82. The molecule has 2 aromatic heterocycles. The highest BCUT2D eigenvalue weighted by Gasteiger charge is 2.24. The fourth-order valence-corrected chi connectivity index (χ4v) is 4.90. The van der Waals surface area contributed by atoms with Gasteiger partial charge in [-0.05, 0) is 67.7 Å². The molecule has 5 rings (SSSR count). The lowest BCUT2D eigenvalue weighted by atomic mass is 9.88. The molecule has 0 radical (unpaired) electrons. The molecule has 9 heteroatoms. The summed E-state index contributed by atoms with van der Waals surface area (Å²) in [5, 5.41) is 8.05. The number of hydrogen-bond donors (Lipinski definition) is 2. The minimum Gasteiger partial charge on any atom is -0.496 e. The van der Waals surface area contributed by atoms with Crippen LogP contribution in [0.4, 0.5) is 11.6 Å². The summed E-state index contributed by atoms with van der Waals surface area (Å²) in [6, 6.07) is 18.0. The Morgan fingerprint density at radius 2 is 1.83 bits per heavy atom. The van der Waals surface area contributed by atoms with Crippen LogP contribution in [0.5, 0.6) is 11.5 Å². The van der Waals surface area contributed by atoms with Gasteiger partial charge in [0.2, 0.25) is 11.9 Å². The van der Waals surface area contributed by atoms with E-state index < -0.39 is 0 Å². The molecule has 1 aliphatic heterocycles. The summed E-state index contributed by atoms with van der Waals surface area (Å²) in [5.74, 6) is 2.17. The lowest BCUT2D eigenvalue weighted by molar-refractivity contribution is -0.119. The van der Waals surface area contributed by atoms with Crippen LogP contribution in [0.3, 0.4) is 0 Å². The van der Waals surface area contributed by atoms with E-state index in [4.69, 9.17) is 20.3 Å². The van der Waals surface area contributed by atoms with Gasteiger partial charge in [0.15, 0.2) is 0 Å². The molecule has 4 aromatic rings. The highest BCUT2D eigenvalue weighted by atomic mass is 16.5. The number of fused-ring (bicyclic) bond motifs is 1.